The third-order valence-electron chi connectivity index (χ3n) is 5.27. The molecule has 2 heterocycles. The summed E-state index contributed by atoms with van der Waals surface area (Å²) in [6.45, 7) is 4.79. The highest BCUT2D eigenvalue weighted by atomic mass is 19.3. The normalized spacial score (nSPS) is 17.2. The maximum absolute atomic E-state index is 12.3. The van der Waals surface area contributed by atoms with Gasteiger partial charge in [-0.15, -0.1) is 0 Å². The summed E-state index contributed by atoms with van der Waals surface area (Å²) in [4.78, 5) is 17.8. The summed E-state index contributed by atoms with van der Waals surface area (Å²) in [5.74, 6) is 1.47. The number of pyridine rings is 1. The van der Waals surface area contributed by atoms with Crippen LogP contribution in [0.3, 0.4) is 0 Å². The lowest BCUT2D eigenvalue weighted by atomic mass is 9.95. The van der Waals surface area contributed by atoms with Crippen LogP contribution in [0, 0.1) is 0 Å². The van der Waals surface area contributed by atoms with Gasteiger partial charge in [-0.2, -0.15) is 0 Å². The van der Waals surface area contributed by atoms with Gasteiger partial charge in [0, 0.05) is 43.8 Å². The largest absolute Gasteiger partial charge is 0.489 e. The second-order valence-corrected chi connectivity index (χ2v) is 7.60. The van der Waals surface area contributed by atoms with E-state index in [2.05, 4.69) is 16.8 Å². The molecule has 0 spiro atoms. The number of aromatic nitrogens is 1. The van der Waals surface area contributed by atoms with E-state index in [4.69, 9.17) is 9.47 Å². The molecule has 1 aliphatic heterocycles. The molecule has 1 aromatic heterocycles. The maximum Gasteiger partial charge on any atom is 0.272 e. The van der Waals surface area contributed by atoms with Gasteiger partial charge in [-0.25, -0.2) is 13.8 Å². The topological polar surface area (TPSA) is 51.7 Å². The summed E-state index contributed by atoms with van der Waals surface area (Å²) in [5.41, 5.74) is 2.01. The van der Waals surface area contributed by atoms with Crippen molar-refractivity contribution in [2.24, 2.45) is 0 Å². The van der Waals surface area contributed by atoms with Crippen LogP contribution in [0.1, 0.15) is 44.6 Å². The quantitative estimate of drug-likeness (QED) is 0.552. The van der Waals surface area contributed by atoms with Crippen LogP contribution in [0.4, 0.5) is 14.5 Å². The molecule has 0 radical (unpaired) electrons. The summed E-state index contributed by atoms with van der Waals surface area (Å²) in [5, 5.41) is 0. The molecule has 1 aromatic carbocycles. The van der Waals surface area contributed by atoms with Crippen molar-refractivity contribution in [2.75, 3.05) is 24.6 Å². The van der Waals surface area contributed by atoms with Crippen LogP contribution in [0.2, 0.25) is 0 Å². The molecule has 0 N–H and O–H groups in total. The van der Waals surface area contributed by atoms with Crippen LogP contribution < -0.4 is 14.4 Å². The van der Waals surface area contributed by atoms with Gasteiger partial charge in [-0.05, 0) is 29.7 Å². The standard InChI is InChI=1S/C23H28F2N2O3/c1-3-19(28)12-16(2)17-4-6-20(7-5-17)30-21-9-11-27(14-21)18-8-10-26-23(13-18)29-15-22(24)25/h4-8,10,13,16,21-22H,3,9,11-12,14-15H2,1-2H3/t16-,21?/m1/s1. The first-order chi connectivity index (χ1) is 14.4. The first-order valence-electron chi connectivity index (χ1n) is 10.3. The molecule has 1 fully saturated rings. The number of ketones is 1. The minimum Gasteiger partial charge on any atom is -0.489 e. The first kappa shape index (κ1) is 22.0. The molecule has 1 aliphatic rings. The Morgan fingerprint density at radius 3 is 2.73 bits per heavy atom. The second-order valence-electron chi connectivity index (χ2n) is 7.60. The number of anilines is 1. The Balaban J connectivity index is 1.53. The van der Waals surface area contributed by atoms with Gasteiger partial charge in [0.25, 0.3) is 6.43 Å². The highest BCUT2D eigenvalue weighted by molar-refractivity contribution is 5.78. The fourth-order valence-corrected chi connectivity index (χ4v) is 3.55. The van der Waals surface area contributed by atoms with Crippen LogP contribution >= 0.6 is 0 Å². The van der Waals surface area contributed by atoms with E-state index in [1.807, 2.05) is 37.3 Å². The van der Waals surface area contributed by atoms with E-state index in [-0.39, 0.29) is 23.7 Å². The van der Waals surface area contributed by atoms with E-state index >= 15 is 0 Å². The monoisotopic (exact) mass is 418 g/mol. The molecule has 2 atom stereocenters. The molecular formula is C23H28F2N2O3. The second kappa shape index (κ2) is 10.4. The Bertz CT molecular complexity index is 829. The number of benzene rings is 1. The maximum atomic E-state index is 12.3. The number of ether oxygens (including phenoxy) is 2. The summed E-state index contributed by atoms with van der Waals surface area (Å²) in [6, 6.07) is 11.5. The minimum atomic E-state index is -2.53. The number of Topliss-reactive ketones (excluding diaryl/α,β-unsaturated/α-hetero) is 1. The van der Waals surface area contributed by atoms with Gasteiger partial charge in [0.1, 0.15) is 17.6 Å². The molecular weight excluding hydrogens is 390 g/mol. The summed E-state index contributed by atoms with van der Waals surface area (Å²) >= 11 is 0. The Morgan fingerprint density at radius 1 is 1.27 bits per heavy atom. The molecule has 2 aromatic rings. The fraction of sp³-hybridized carbons (Fsp3) is 0.478. The molecule has 1 unspecified atom stereocenters. The lowest BCUT2D eigenvalue weighted by Gasteiger charge is -2.20. The fourth-order valence-electron chi connectivity index (χ4n) is 3.55. The number of carbonyl (C=O) groups is 1. The summed E-state index contributed by atoms with van der Waals surface area (Å²) in [6.07, 6.45) is 1.06. The number of alkyl halides is 2. The van der Waals surface area contributed by atoms with Crippen molar-refractivity contribution in [3.05, 3.63) is 48.2 Å². The van der Waals surface area contributed by atoms with Crippen LogP contribution in [-0.4, -0.2) is 43.0 Å². The average Bonchev–Trinajstić information content (AvgIpc) is 3.21. The van der Waals surface area contributed by atoms with Crippen molar-refractivity contribution >= 4 is 11.5 Å². The Hall–Kier alpha value is -2.70. The lowest BCUT2D eigenvalue weighted by Crippen LogP contribution is -2.24. The van der Waals surface area contributed by atoms with E-state index in [1.165, 1.54) is 0 Å². The molecule has 30 heavy (non-hydrogen) atoms. The van der Waals surface area contributed by atoms with Crippen molar-refractivity contribution in [3.8, 4) is 11.6 Å². The highest BCUT2D eigenvalue weighted by Crippen LogP contribution is 2.27. The zero-order valence-corrected chi connectivity index (χ0v) is 17.4. The number of halogens is 2. The van der Waals surface area contributed by atoms with Crippen molar-refractivity contribution < 1.29 is 23.0 Å². The van der Waals surface area contributed by atoms with E-state index in [1.54, 1.807) is 12.3 Å². The van der Waals surface area contributed by atoms with Gasteiger partial charge in [-0.1, -0.05) is 26.0 Å². The highest BCUT2D eigenvalue weighted by Gasteiger charge is 2.25. The first-order valence-corrected chi connectivity index (χ1v) is 10.3. The van der Waals surface area contributed by atoms with Crippen LogP contribution in [0.25, 0.3) is 0 Å². The minimum absolute atomic E-state index is 0.0357. The van der Waals surface area contributed by atoms with Crippen LogP contribution in [0.15, 0.2) is 42.6 Å². The molecule has 0 saturated carbocycles. The number of hydrogen-bond donors (Lipinski definition) is 0. The molecule has 7 heteroatoms. The van der Waals surface area contributed by atoms with Gasteiger partial charge in [0.05, 0.1) is 6.54 Å². The molecule has 0 aliphatic carbocycles. The molecule has 0 bridgehead atoms. The molecule has 162 valence electrons. The number of rotatable bonds is 10. The number of nitrogens with zero attached hydrogens (tertiary/aromatic N) is 2. The third kappa shape index (κ3) is 6.15. The van der Waals surface area contributed by atoms with E-state index < -0.39 is 13.0 Å². The van der Waals surface area contributed by atoms with Crippen LogP contribution in [-0.2, 0) is 4.79 Å². The van der Waals surface area contributed by atoms with Gasteiger partial charge >= 0.3 is 0 Å². The molecule has 3 rings (SSSR count). The predicted octanol–water partition coefficient (Wildman–Crippen LogP) is 4.86. The number of carbonyl (C=O) groups excluding carboxylic acids is 1. The zero-order valence-electron chi connectivity index (χ0n) is 17.4. The molecule has 1 saturated heterocycles. The third-order valence-corrected chi connectivity index (χ3v) is 5.27. The molecule has 5 nitrogen and oxygen atoms in total. The SMILES string of the molecule is CCC(=O)C[C@@H](C)c1ccc(OC2CCN(c3ccnc(OCC(F)F)c3)C2)cc1. The zero-order chi connectivity index (χ0) is 21.5. The Labute approximate surface area is 176 Å². The van der Waals surface area contributed by atoms with Gasteiger partial charge in [0.15, 0.2) is 6.61 Å². The van der Waals surface area contributed by atoms with E-state index in [0.29, 0.717) is 19.4 Å². The van der Waals surface area contributed by atoms with Gasteiger partial charge in [-0.3, -0.25) is 4.79 Å². The van der Waals surface area contributed by atoms with Gasteiger partial charge in [0.2, 0.25) is 5.88 Å². The smallest absolute Gasteiger partial charge is 0.272 e. The Kier molecular flexibility index (Phi) is 7.60. The van der Waals surface area contributed by atoms with E-state index in [0.717, 1.165) is 30.0 Å². The molecule has 0 amide bonds. The average molecular weight is 418 g/mol. The van der Waals surface area contributed by atoms with E-state index in [9.17, 15) is 13.6 Å². The Morgan fingerprint density at radius 2 is 2.03 bits per heavy atom. The lowest BCUT2D eigenvalue weighted by molar-refractivity contribution is -0.119. The summed E-state index contributed by atoms with van der Waals surface area (Å²) < 4.78 is 35.8. The summed E-state index contributed by atoms with van der Waals surface area (Å²) in [7, 11) is 0. The number of hydrogen-bond acceptors (Lipinski definition) is 5. The van der Waals surface area contributed by atoms with Crippen molar-refractivity contribution in [1.29, 1.82) is 0 Å². The van der Waals surface area contributed by atoms with Crippen molar-refractivity contribution in [3.63, 3.8) is 0 Å². The van der Waals surface area contributed by atoms with Crippen molar-refractivity contribution in [1.82, 2.24) is 4.98 Å². The van der Waals surface area contributed by atoms with Crippen LogP contribution in [0.5, 0.6) is 11.6 Å². The van der Waals surface area contributed by atoms with Crippen molar-refractivity contribution in [2.45, 2.75) is 51.6 Å². The van der Waals surface area contributed by atoms with Gasteiger partial charge < -0.3 is 14.4 Å². The predicted molar refractivity (Wildman–Crippen MR) is 112 cm³/mol.